The van der Waals surface area contributed by atoms with E-state index in [-0.39, 0.29) is 25.2 Å². The summed E-state index contributed by atoms with van der Waals surface area (Å²) in [5.41, 5.74) is 0. The van der Waals surface area contributed by atoms with Gasteiger partial charge in [0.2, 0.25) is 0 Å². The number of halogens is 1. The quantitative estimate of drug-likeness (QED) is 0.792. The monoisotopic (exact) mass is 260 g/mol. The highest BCUT2D eigenvalue weighted by molar-refractivity contribution is 6.29. The maximum Gasteiger partial charge on any atom is 0.323 e. The van der Waals surface area contributed by atoms with Crippen LogP contribution in [0.2, 0.25) is 0 Å². The van der Waals surface area contributed by atoms with Crippen LogP contribution in [0.1, 0.15) is 25.7 Å². The van der Waals surface area contributed by atoms with E-state index in [1.165, 1.54) is 4.90 Å². The molecule has 5 nitrogen and oxygen atoms in total. The Morgan fingerprint density at radius 3 is 2.47 bits per heavy atom. The highest BCUT2D eigenvalue weighted by Crippen LogP contribution is 2.23. The number of rotatable bonds is 5. The Balaban J connectivity index is 2.57. The average Bonchev–Trinajstić information content (AvgIpc) is 2.75. The third-order valence-corrected chi connectivity index (χ3v) is 2.90. The number of carbonyl (C=O) groups excluding carboxylic acids is 1. The summed E-state index contributed by atoms with van der Waals surface area (Å²) in [4.78, 5) is 23.9. The number of urea groups is 1. The summed E-state index contributed by atoms with van der Waals surface area (Å²) in [6.07, 6.45) is 3.80. The first-order chi connectivity index (χ1) is 8.00. The molecule has 6 heteroatoms. The third kappa shape index (κ3) is 4.65. The molecule has 0 heterocycles. The van der Waals surface area contributed by atoms with Gasteiger partial charge >= 0.3 is 12.0 Å². The van der Waals surface area contributed by atoms with Gasteiger partial charge in [-0.05, 0) is 12.8 Å². The van der Waals surface area contributed by atoms with Gasteiger partial charge in [0.1, 0.15) is 6.54 Å². The lowest BCUT2D eigenvalue weighted by Crippen LogP contribution is -2.47. The minimum absolute atomic E-state index is 0.0229. The van der Waals surface area contributed by atoms with E-state index in [2.05, 4.69) is 11.9 Å². The van der Waals surface area contributed by atoms with Crippen molar-refractivity contribution in [2.24, 2.45) is 0 Å². The maximum absolute atomic E-state index is 11.8. The molecule has 0 aromatic heterocycles. The van der Waals surface area contributed by atoms with E-state index in [1.807, 2.05) is 0 Å². The fraction of sp³-hybridized carbons (Fsp3) is 0.636. The SMILES string of the molecule is C=C(Cl)CNC(=O)N(CC(=O)O)C1CCCC1. The lowest BCUT2D eigenvalue weighted by atomic mass is 10.2. The summed E-state index contributed by atoms with van der Waals surface area (Å²) in [7, 11) is 0. The van der Waals surface area contributed by atoms with Crippen LogP contribution < -0.4 is 5.32 Å². The molecule has 1 rings (SSSR count). The van der Waals surface area contributed by atoms with Crippen molar-refractivity contribution in [3.8, 4) is 0 Å². The van der Waals surface area contributed by atoms with Crippen molar-refractivity contribution in [2.75, 3.05) is 13.1 Å². The second kappa shape index (κ2) is 6.49. The zero-order valence-corrected chi connectivity index (χ0v) is 10.4. The number of carboxylic acids is 1. The van der Waals surface area contributed by atoms with Gasteiger partial charge in [-0.2, -0.15) is 0 Å². The molecule has 2 amide bonds. The highest BCUT2D eigenvalue weighted by atomic mass is 35.5. The molecule has 0 atom stereocenters. The molecule has 96 valence electrons. The van der Waals surface area contributed by atoms with E-state index < -0.39 is 5.97 Å². The van der Waals surface area contributed by atoms with E-state index in [1.54, 1.807) is 0 Å². The van der Waals surface area contributed by atoms with Crippen molar-refractivity contribution in [1.82, 2.24) is 10.2 Å². The average molecular weight is 261 g/mol. The molecule has 0 spiro atoms. The lowest BCUT2D eigenvalue weighted by Gasteiger charge is -2.27. The summed E-state index contributed by atoms with van der Waals surface area (Å²) < 4.78 is 0. The van der Waals surface area contributed by atoms with Gasteiger partial charge in [0.05, 0.1) is 6.54 Å². The van der Waals surface area contributed by atoms with E-state index in [0.29, 0.717) is 5.03 Å². The van der Waals surface area contributed by atoms with Crippen molar-refractivity contribution < 1.29 is 14.7 Å². The number of aliphatic carboxylic acids is 1. The second-order valence-electron chi connectivity index (χ2n) is 4.14. The molecule has 0 radical (unpaired) electrons. The van der Waals surface area contributed by atoms with Gasteiger partial charge in [0.15, 0.2) is 0 Å². The minimum Gasteiger partial charge on any atom is -0.480 e. The Kier molecular flexibility index (Phi) is 5.28. The fourth-order valence-corrected chi connectivity index (χ4v) is 2.07. The van der Waals surface area contributed by atoms with Gasteiger partial charge < -0.3 is 15.3 Å². The van der Waals surface area contributed by atoms with Gasteiger partial charge in [-0.15, -0.1) is 0 Å². The molecule has 0 unspecified atom stereocenters. The third-order valence-electron chi connectivity index (χ3n) is 2.76. The Morgan fingerprint density at radius 2 is 2.00 bits per heavy atom. The number of carboxylic acid groups (broad SMARTS) is 1. The van der Waals surface area contributed by atoms with Crippen LogP contribution in [0, 0.1) is 0 Å². The van der Waals surface area contributed by atoms with Crippen molar-refractivity contribution in [2.45, 2.75) is 31.7 Å². The Bertz CT molecular complexity index is 314. The summed E-state index contributed by atoms with van der Waals surface area (Å²) in [5, 5.41) is 11.7. The van der Waals surface area contributed by atoms with E-state index >= 15 is 0 Å². The van der Waals surface area contributed by atoms with Crippen molar-refractivity contribution in [1.29, 1.82) is 0 Å². The molecule has 1 aliphatic carbocycles. The molecule has 0 aromatic rings. The van der Waals surface area contributed by atoms with Crippen molar-refractivity contribution in [3.05, 3.63) is 11.6 Å². The minimum atomic E-state index is -1.00. The summed E-state index contributed by atoms with van der Waals surface area (Å²) >= 11 is 5.55. The molecule has 0 saturated heterocycles. The molecule has 17 heavy (non-hydrogen) atoms. The number of carbonyl (C=O) groups is 2. The Morgan fingerprint density at radius 1 is 1.41 bits per heavy atom. The standard InChI is InChI=1S/C11H17ClN2O3/c1-8(12)6-13-11(17)14(7-10(15)16)9-4-2-3-5-9/h9H,1-7H2,(H,13,17)(H,15,16). The van der Waals surface area contributed by atoms with Crippen LogP contribution >= 0.6 is 11.6 Å². The Labute approximate surface area is 105 Å². The number of hydrogen-bond donors (Lipinski definition) is 2. The molecular weight excluding hydrogens is 244 g/mol. The van der Waals surface area contributed by atoms with E-state index in [4.69, 9.17) is 16.7 Å². The zero-order chi connectivity index (χ0) is 12.8. The zero-order valence-electron chi connectivity index (χ0n) is 9.62. The summed E-state index contributed by atoms with van der Waals surface area (Å²) in [5.74, 6) is -1.00. The normalized spacial score (nSPS) is 15.6. The largest absolute Gasteiger partial charge is 0.480 e. The van der Waals surface area contributed by atoms with E-state index in [0.717, 1.165) is 25.7 Å². The van der Waals surface area contributed by atoms with Crippen LogP contribution in [0.25, 0.3) is 0 Å². The van der Waals surface area contributed by atoms with Crippen LogP contribution in [0.5, 0.6) is 0 Å². The van der Waals surface area contributed by atoms with Gasteiger partial charge in [0.25, 0.3) is 0 Å². The molecule has 1 aliphatic rings. The fourth-order valence-electron chi connectivity index (χ4n) is 2.00. The first-order valence-electron chi connectivity index (χ1n) is 5.60. The van der Waals surface area contributed by atoms with Gasteiger partial charge in [0, 0.05) is 11.1 Å². The van der Waals surface area contributed by atoms with Crippen molar-refractivity contribution >= 4 is 23.6 Å². The van der Waals surface area contributed by atoms with Gasteiger partial charge in [-0.3, -0.25) is 4.79 Å². The second-order valence-corrected chi connectivity index (χ2v) is 4.67. The maximum atomic E-state index is 11.8. The van der Waals surface area contributed by atoms with Crippen molar-refractivity contribution in [3.63, 3.8) is 0 Å². The first kappa shape index (κ1) is 13.8. The predicted molar refractivity (Wildman–Crippen MR) is 65.0 cm³/mol. The summed E-state index contributed by atoms with van der Waals surface area (Å²) in [6, 6.07) is -0.365. The molecule has 1 saturated carbocycles. The molecule has 0 bridgehead atoms. The Hall–Kier alpha value is -1.23. The number of nitrogens with one attached hydrogen (secondary N) is 1. The van der Waals surface area contributed by atoms with Crippen LogP contribution in [0.4, 0.5) is 4.79 Å². The topological polar surface area (TPSA) is 69.6 Å². The lowest BCUT2D eigenvalue weighted by molar-refractivity contribution is -0.138. The molecule has 0 aliphatic heterocycles. The molecule has 1 fully saturated rings. The number of nitrogens with zero attached hydrogens (tertiary/aromatic N) is 1. The smallest absolute Gasteiger partial charge is 0.323 e. The summed E-state index contributed by atoms with van der Waals surface area (Å²) in [6.45, 7) is 3.34. The predicted octanol–water partition coefficient (Wildman–Crippen LogP) is 1.78. The van der Waals surface area contributed by atoms with Gasteiger partial charge in [-0.1, -0.05) is 31.0 Å². The molecule has 0 aromatic carbocycles. The number of hydrogen-bond acceptors (Lipinski definition) is 2. The van der Waals surface area contributed by atoms with Gasteiger partial charge in [-0.25, -0.2) is 4.79 Å². The van der Waals surface area contributed by atoms with Crippen LogP contribution in [0.15, 0.2) is 11.6 Å². The molecular formula is C11H17ClN2O3. The van der Waals surface area contributed by atoms with Crippen LogP contribution in [-0.2, 0) is 4.79 Å². The van der Waals surface area contributed by atoms with Crippen LogP contribution in [0.3, 0.4) is 0 Å². The first-order valence-corrected chi connectivity index (χ1v) is 5.98. The highest BCUT2D eigenvalue weighted by Gasteiger charge is 2.28. The molecule has 2 N–H and O–H groups in total. The van der Waals surface area contributed by atoms with Crippen LogP contribution in [-0.4, -0.2) is 41.1 Å². The van der Waals surface area contributed by atoms with E-state index in [9.17, 15) is 9.59 Å². The number of amides is 2.